The van der Waals surface area contributed by atoms with E-state index in [1.807, 2.05) is 0 Å². The van der Waals surface area contributed by atoms with Gasteiger partial charge in [-0.15, -0.1) is 12.4 Å². The summed E-state index contributed by atoms with van der Waals surface area (Å²) in [5, 5.41) is 2.64. The van der Waals surface area contributed by atoms with Crippen molar-refractivity contribution in [3.05, 3.63) is 28.5 Å². The van der Waals surface area contributed by atoms with Crippen molar-refractivity contribution in [2.45, 2.75) is 31.7 Å². The van der Waals surface area contributed by atoms with E-state index in [2.05, 4.69) is 21.2 Å². The second-order valence-electron chi connectivity index (χ2n) is 4.74. The van der Waals surface area contributed by atoms with Crippen molar-refractivity contribution in [3.8, 4) is 0 Å². The Morgan fingerprint density at radius 1 is 1.42 bits per heavy atom. The fraction of sp³-hybridized carbons (Fsp3) is 0.462. The largest absolute Gasteiger partial charge is 0.328 e. The highest BCUT2D eigenvalue weighted by atomic mass is 79.9. The molecule has 0 aromatic heterocycles. The van der Waals surface area contributed by atoms with Crippen molar-refractivity contribution in [3.63, 3.8) is 0 Å². The third-order valence-electron chi connectivity index (χ3n) is 3.27. The second kappa shape index (κ2) is 7.22. The predicted octanol–water partition coefficient (Wildman–Crippen LogP) is 3.47. The van der Waals surface area contributed by atoms with Crippen molar-refractivity contribution in [2.75, 3.05) is 5.32 Å². The van der Waals surface area contributed by atoms with Crippen LogP contribution in [0.2, 0.25) is 0 Å². The van der Waals surface area contributed by atoms with E-state index >= 15 is 0 Å². The van der Waals surface area contributed by atoms with Gasteiger partial charge in [-0.3, -0.25) is 4.79 Å². The number of anilines is 1. The zero-order chi connectivity index (χ0) is 13.1. The molecule has 0 saturated heterocycles. The van der Waals surface area contributed by atoms with E-state index in [1.165, 1.54) is 6.07 Å². The van der Waals surface area contributed by atoms with Gasteiger partial charge in [0.05, 0.1) is 5.69 Å². The number of hydrogen-bond donors (Lipinski definition) is 2. The van der Waals surface area contributed by atoms with Gasteiger partial charge in [-0.1, -0.05) is 22.4 Å². The first-order valence-corrected chi connectivity index (χ1v) is 6.87. The molecular weight excluding hydrogens is 335 g/mol. The molecule has 0 heterocycles. The van der Waals surface area contributed by atoms with Gasteiger partial charge in [0.15, 0.2) is 0 Å². The van der Waals surface area contributed by atoms with Crippen molar-refractivity contribution in [1.82, 2.24) is 0 Å². The summed E-state index contributed by atoms with van der Waals surface area (Å²) in [6.07, 6.45) is 3.44. The maximum absolute atomic E-state index is 13.6. The Labute approximate surface area is 126 Å². The van der Waals surface area contributed by atoms with Crippen LogP contribution in [-0.2, 0) is 4.79 Å². The smallest absolute Gasteiger partial charge is 0.227 e. The van der Waals surface area contributed by atoms with Crippen LogP contribution in [0, 0.1) is 11.7 Å². The first-order chi connectivity index (χ1) is 8.56. The summed E-state index contributed by atoms with van der Waals surface area (Å²) in [6, 6.07) is 4.68. The van der Waals surface area contributed by atoms with E-state index in [-0.39, 0.29) is 36.0 Å². The highest BCUT2D eigenvalue weighted by molar-refractivity contribution is 9.10. The van der Waals surface area contributed by atoms with Gasteiger partial charge in [-0.25, -0.2) is 4.39 Å². The van der Waals surface area contributed by atoms with E-state index < -0.39 is 5.82 Å². The van der Waals surface area contributed by atoms with Gasteiger partial charge in [0, 0.05) is 16.4 Å². The third-order valence-corrected chi connectivity index (χ3v) is 3.77. The number of amides is 1. The Bertz CT molecular complexity index is 458. The molecule has 0 spiro atoms. The van der Waals surface area contributed by atoms with Crippen LogP contribution in [0.15, 0.2) is 22.7 Å². The molecular formula is C13H17BrClFN2O. The van der Waals surface area contributed by atoms with E-state index in [0.717, 1.165) is 19.3 Å². The summed E-state index contributed by atoms with van der Waals surface area (Å²) < 4.78 is 14.2. The molecule has 0 aliphatic heterocycles. The van der Waals surface area contributed by atoms with E-state index in [0.29, 0.717) is 10.9 Å². The predicted molar refractivity (Wildman–Crippen MR) is 79.9 cm³/mol. The molecule has 3 nitrogen and oxygen atoms in total. The Balaban J connectivity index is 0.00000180. The number of carbonyl (C=O) groups excluding carboxylic acids is 1. The van der Waals surface area contributed by atoms with Crippen molar-refractivity contribution < 1.29 is 9.18 Å². The molecule has 2 atom stereocenters. The fourth-order valence-electron chi connectivity index (χ4n) is 2.29. The first kappa shape index (κ1) is 16.4. The lowest BCUT2D eigenvalue weighted by molar-refractivity contribution is -0.120. The minimum absolute atomic E-state index is 0. The molecule has 1 saturated carbocycles. The van der Waals surface area contributed by atoms with Crippen LogP contribution < -0.4 is 11.1 Å². The first-order valence-electron chi connectivity index (χ1n) is 6.08. The average Bonchev–Trinajstić information content (AvgIpc) is 2.32. The molecule has 3 N–H and O–H groups in total. The number of carbonyl (C=O) groups is 1. The van der Waals surface area contributed by atoms with Gasteiger partial charge in [-0.05, 0) is 37.5 Å². The second-order valence-corrected chi connectivity index (χ2v) is 5.65. The number of hydrogen-bond acceptors (Lipinski definition) is 2. The van der Waals surface area contributed by atoms with Crippen LogP contribution in [0.3, 0.4) is 0 Å². The van der Waals surface area contributed by atoms with Crippen LogP contribution >= 0.6 is 28.3 Å². The molecule has 1 aliphatic carbocycles. The lowest BCUT2D eigenvalue weighted by Crippen LogP contribution is -2.34. The van der Waals surface area contributed by atoms with Gasteiger partial charge in [0.25, 0.3) is 0 Å². The Morgan fingerprint density at radius 2 is 2.16 bits per heavy atom. The van der Waals surface area contributed by atoms with Crippen LogP contribution in [0.25, 0.3) is 0 Å². The number of halogens is 3. The zero-order valence-corrected chi connectivity index (χ0v) is 12.8. The number of nitrogens with two attached hydrogens (primary N) is 1. The molecule has 0 bridgehead atoms. The minimum Gasteiger partial charge on any atom is -0.328 e. The molecule has 2 unspecified atom stereocenters. The molecule has 19 heavy (non-hydrogen) atoms. The molecule has 2 rings (SSSR count). The van der Waals surface area contributed by atoms with Crippen LogP contribution in [0.4, 0.5) is 10.1 Å². The normalized spacial score (nSPS) is 22.5. The van der Waals surface area contributed by atoms with E-state index in [1.54, 1.807) is 12.1 Å². The molecule has 0 radical (unpaired) electrons. The Morgan fingerprint density at radius 3 is 2.79 bits per heavy atom. The van der Waals surface area contributed by atoms with Gasteiger partial charge in [-0.2, -0.15) is 0 Å². The molecule has 1 aromatic carbocycles. The van der Waals surface area contributed by atoms with Crippen molar-refractivity contribution in [1.29, 1.82) is 0 Å². The zero-order valence-electron chi connectivity index (χ0n) is 10.4. The monoisotopic (exact) mass is 350 g/mol. The van der Waals surface area contributed by atoms with Gasteiger partial charge >= 0.3 is 0 Å². The van der Waals surface area contributed by atoms with Gasteiger partial charge in [0.2, 0.25) is 5.91 Å². The van der Waals surface area contributed by atoms with Crippen LogP contribution in [0.5, 0.6) is 0 Å². The summed E-state index contributed by atoms with van der Waals surface area (Å²) in [5.41, 5.74) is 6.07. The van der Waals surface area contributed by atoms with Crippen LogP contribution in [-0.4, -0.2) is 11.9 Å². The number of benzene rings is 1. The molecule has 1 aromatic rings. The Hall–Kier alpha value is -0.650. The topological polar surface area (TPSA) is 55.1 Å². The lowest BCUT2D eigenvalue weighted by Gasteiger charge is -2.25. The summed E-state index contributed by atoms with van der Waals surface area (Å²) >= 11 is 3.18. The van der Waals surface area contributed by atoms with Gasteiger partial charge in [0.1, 0.15) is 5.82 Å². The summed E-state index contributed by atoms with van der Waals surface area (Å²) in [4.78, 5) is 12.0. The maximum atomic E-state index is 13.6. The Kier molecular flexibility index (Phi) is 6.23. The minimum atomic E-state index is -0.433. The molecule has 1 amide bonds. The van der Waals surface area contributed by atoms with Crippen molar-refractivity contribution in [2.24, 2.45) is 11.7 Å². The summed E-state index contributed by atoms with van der Waals surface area (Å²) in [6.45, 7) is 0. The fourth-order valence-corrected chi connectivity index (χ4v) is 2.62. The average molecular weight is 352 g/mol. The quantitative estimate of drug-likeness (QED) is 0.857. The molecule has 1 fully saturated rings. The van der Waals surface area contributed by atoms with Crippen LogP contribution in [0.1, 0.15) is 25.7 Å². The standard InChI is InChI=1S/C13H16BrFN2O.ClH/c14-9-4-5-12(11(15)7-9)17-13(18)8-2-1-3-10(16)6-8;/h4-5,7-8,10H,1-3,6,16H2,(H,17,18);1H. The summed E-state index contributed by atoms with van der Waals surface area (Å²) in [7, 11) is 0. The van der Waals surface area contributed by atoms with Crippen molar-refractivity contribution >= 4 is 39.9 Å². The van der Waals surface area contributed by atoms with E-state index in [9.17, 15) is 9.18 Å². The molecule has 6 heteroatoms. The molecule has 106 valence electrons. The number of nitrogens with one attached hydrogen (secondary N) is 1. The number of rotatable bonds is 2. The maximum Gasteiger partial charge on any atom is 0.227 e. The highest BCUT2D eigenvalue weighted by Gasteiger charge is 2.25. The summed E-state index contributed by atoms with van der Waals surface area (Å²) in [5.74, 6) is -0.666. The third kappa shape index (κ3) is 4.44. The SMILES string of the molecule is Cl.NC1CCCC(C(=O)Nc2ccc(Br)cc2F)C1. The lowest BCUT2D eigenvalue weighted by atomic mass is 9.85. The van der Waals surface area contributed by atoms with E-state index in [4.69, 9.17) is 5.73 Å². The highest BCUT2D eigenvalue weighted by Crippen LogP contribution is 2.26. The molecule has 1 aliphatic rings. The van der Waals surface area contributed by atoms with Gasteiger partial charge < -0.3 is 11.1 Å².